The molecule has 0 aromatic rings. The Morgan fingerprint density at radius 1 is 1.14 bits per heavy atom. The molecule has 0 aliphatic carbocycles. The van der Waals surface area contributed by atoms with Crippen LogP contribution >= 0.6 is 0 Å². The molecule has 21 heavy (non-hydrogen) atoms. The molecule has 120 valence electrons. The fourth-order valence-electron chi connectivity index (χ4n) is 1.04. The van der Waals surface area contributed by atoms with Crippen molar-refractivity contribution in [3.63, 3.8) is 0 Å². The van der Waals surface area contributed by atoms with Gasteiger partial charge < -0.3 is 19.8 Å². The summed E-state index contributed by atoms with van der Waals surface area (Å²) in [6, 6.07) is 0. The lowest BCUT2D eigenvalue weighted by molar-refractivity contribution is -0.107. The van der Waals surface area contributed by atoms with Gasteiger partial charge in [-0.1, -0.05) is 6.08 Å². The van der Waals surface area contributed by atoms with E-state index in [4.69, 9.17) is 22.8 Å². The van der Waals surface area contributed by atoms with E-state index in [-0.39, 0.29) is 6.09 Å². The van der Waals surface area contributed by atoms with E-state index in [9.17, 15) is 4.79 Å². The fourth-order valence-corrected chi connectivity index (χ4v) is 1.04. The number of ether oxygens (including phenoxy) is 1. The maximum absolute atomic E-state index is 11.4. The van der Waals surface area contributed by atoms with Gasteiger partial charge in [0.05, 0.1) is 11.2 Å². The van der Waals surface area contributed by atoms with Gasteiger partial charge in [-0.05, 0) is 48.5 Å². The predicted molar refractivity (Wildman–Crippen MR) is 84.2 cm³/mol. The summed E-state index contributed by atoms with van der Waals surface area (Å²) >= 11 is 0. The largest absolute Gasteiger partial charge is 0.444 e. The highest BCUT2D eigenvalue weighted by Gasteiger charge is 2.32. The SMILES string of the molecule is CC(C)(O)C(C)(C)O.[B]C1=CCN(C(=O)OC(C)(C)C)C1. The first-order chi connectivity index (χ1) is 9.13. The molecule has 2 N–H and O–H groups in total. The summed E-state index contributed by atoms with van der Waals surface area (Å²) in [6.45, 7) is 12.9. The lowest BCUT2D eigenvalue weighted by atomic mass is 9.90. The van der Waals surface area contributed by atoms with E-state index in [1.54, 1.807) is 32.6 Å². The molecule has 0 atom stereocenters. The minimum atomic E-state index is -1.01. The third kappa shape index (κ3) is 8.12. The molecular formula is C15H28BNO4. The second-order valence-electron chi connectivity index (χ2n) is 7.26. The first-order valence-corrected chi connectivity index (χ1v) is 7.00. The van der Waals surface area contributed by atoms with Crippen LogP contribution in [-0.2, 0) is 4.74 Å². The van der Waals surface area contributed by atoms with Crippen LogP contribution in [0.15, 0.2) is 11.5 Å². The number of rotatable bonds is 1. The normalized spacial score (nSPS) is 16.0. The van der Waals surface area contributed by atoms with Gasteiger partial charge in [-0.2, -0.15) is 0 Å². The highest BCUT2D eigenvalue weighted by Crippen LogP contribution is 2.19. The molecule has 0 saturated heterocycles. The molecule has 6 heteroatoms. The average molecular weight is 297 g/mol. The first-order valence-electron chi connectivity index (χ1n) is 7.00. The molecule has 5 nitrogen and oxygen atoms in total. The van der Waals surface area contributed by atoms with Crippen molar-refractivity contribution in [2.45, 2.75) is 65.3 Å². The van der Waals surface area contributed by atoms with E-state index >= 15 is 0 Å². The monoisotopic (exact) mass is 297 g/mol. The van der Waals surface area contributed by atoms with Crippen molar-refractivity contribution in [2.24, 2.45) is 0 Å². The van der Waals surface area contributed by atoms with Gasteiger partial charge in [-0.15, -0.1) is 5.47 Å². The van der Waals surface area contributed by atoms with Gasteiger partial charge in [-0.3, -0.25) is 0 Å². The Morgan fingerprint density at radius 3 is 1.81 bits per heavy atom. The molecule has 0 unspecified atom stereocenters. The van der Waals surface area contributed by atoms with Crippen LogP contribution in [0.3, 0.4) is 0 Å². The Labute approximate surface area is 129 Å². The molecule has 1 aliphatic rings. The highest BCUT2D eigenvalue weighted by atomic mass is 16.6. The van der Waals surface area contributed by atoms with Gasteiger partial charge in [0, 0.05) is 13.1 Å². The van der Waals surface area contributed by atoms with E-state index in [2.05, 4.69) is 0 Å². The van der Waals surface area contributed by atoms with Crippen molar-refractivity contribution in [3.8, 4) is 0 Å². The van der Waals surface area contributed by atoms with Gasteiger partial charge >= 0.3 is 6.09 Å². The number of amides is 1. The molecule has 0 aromatic carbocycles. The summed E-state index contributed by atoms with van der Waals surface area (Å²) < 4.78 is 5.17. The summed E-state index contributed by atoms with van der Waals surface area (Å²) in [7, 11) is 5.54. The van der Waals surface area contributed by atoms with E-state index in [1.165, 1.54) is 0 Å². The van der Waals surface area contributed by atoms with Gasteiger partial charge in [0.15, 0.2) is 0 Å². The van der Waals surface area contributed by atoms with Gasteiger partial charge in [0.25, 0.3) is 0 Å². The lowest BCUT2D eigenvalue weighted by Crippen LogP contribution is -2.44. The fraction of sp³-hybridized carbons (Fsp3) is 0.800. The van der Waals surface area contributed by atoms with Crippen molar-refractivity contribution in [1.29, 1.82) is 0 Å². The average Bonchev–Trinajstić information content (AvgIpc) is 2.60. The molecule has 0 fully saturated rings. The van der Waals surface area contributed by atoms with Crippen molar-refractivity contribution in [2.75, 3.05) is 13.1 Å². The third-order valence-corrected chi connectivity index (χ3v) is 3.10. The summed E-state index contributed by atoms with van der Waals surface area (Å²) in [6.07, 6.45) is 1.52. The van der Waals surface area contributed by atoms with Crippen LogP contribution in [0.4, 0.5) is 4.79 Å². The second kappa shape index (κ2) is 6.84. The van der Waals surface area contributed by atoms with Crippen LogP contribution in [0, 0.1) is 0 Å². The lowest BCUT2D eigenvalue weighted by Gasteiger charge is -2.31. The van der Waals surface area contributed by atoms with Crippen LogP contribution in [0.2, 0.25) is 0 Å². The van der Waals surface area contributed by atoms with Gasteiger partial charge in [0.1, 0.15) is 13.4 Å². The van der Waals surface area contributed by atoms with Crippen LogP contribution in [-0.4, -0.2) is 58.9 Å². The van der Waals surface area contributed by atoms with Crippen LogP contribution in [0.5, 0.6) is 0 Å². The number of carbonyl (C=O) groups excluding carboxylic acids is 1. The molecule has 2 radical (unpaired) electrons. The number of aliphatic hydroxyl groups is 2. The Morgan fingerprint density at radius 2 is 1.57 bits per heavy atom. The second-order valence-corrected chi connectivity index (χ2v) is 7.26. The van der Waals surface area contributed by atoms with Crippen LogP contribution in [0.25, 0.3) is 0 Å². The molecule has 0 saturated carbocycles. The highest BCUT2D eigenvalue weighted by molar-refractivity contribution is 6.22. The smallest absolute Gasteiger partial charge is 0.410 e. The Bertz CT molecular complexity index is 374. The molecule has 1 amide bonds. The van der Waals surface area contributed by atoms with Crippen LogP contribution in [0.1, 0.15) is 48.5 Å². The van der Waals surface area contributed by atoms with Crippen LogP contribution < -0.4 is 0 Å². The molecular weight excluding hydrogens is 269 g/mol. The molecule has 0 bridgehead atoms. The number of hydrogen-bond acceptors (Lipinski definition) is 4. The topological polar surface area (TPSA) is 70.0 Å². The van der Waals surface area contributed by atoms with Crippen molar-refractivity contribution >= 4 is 13.9 Å². The maximum Gasteiger partial charge on any atom is 0.410 e. The Balaban J connectivity index is 0.000000433. The van der Waals surface area contributed by atoms with E-state index < -0.39 is 16.8 Å². The number of hydrogen-bond donors (Lipinski definition) is 2. The minimum absolute atomic E-state index is 0.302. The Kier molecular flexibility index (Phi) is 6.51. The van der Waals surface area contributed by atoms with Gasteiger partial charge in [0.2, 0.25) is 0 Å². The summed E-state index contributed by atoms with van der Waals surface area (Å²) in [5.74, 6) is 0. The summed E-state index contributed by atoms with van der Waals surface area (Å²) in [5, 5.41) is 18.2. The minimum Gasteiger partial charge on any atom is -0.444 e. The molecule has 1 heterocycles. The molecule has 0 spiro atoms. The zero-order valence-electron chi connectivity index (χ0n) is 14.2. The molecule has 0 aromatic heterocycles. The standard InChI is InChI=1S/C9H14BNO2.C6H14O2/c1-9(2,3)13-8(12)11-5-4-7(10)6-11;1-5(2,7)6(3,4)8/h4H,5-6H2,1-3H3;7-8H,1-4H3. The quantitative estimate of drug-likeness (QED) is 0.724. The van der Waals surface area contributed by atoms with E-state index in [1.807, 2.05) is 26.8 Å². The summed E-state index contributed by atoms with van der Waals surface area (Å²) in [4.78, 5) is 13.0. The maximum atomic E-state index is 11.4. The van der Waals surface area contributed by atoms with Crippen molar-refractivity contribution < 1.29 is 19.7 Å². The van der Waals surface area contributed by atoms with Crippen molar-refractivity contribution in [3.05, 3.63) is 11.5 Å². The molecule has 1 aliphatic heterocycles. The zero-order chi connectivity index (χ0) is 17.1. The molecule has 1 rings (SSSR count). The van der Waals surface area contributed by atoms with Gasteiger partial charge in [-0.25, -0.2) is 4.79 Å². The zero-order valence-corrected chi connectivity index (χ0v) is 14.2. The third-order valence-electron chi connectivity index (χ3n) is 3.10. The van der Waals surface area contributed by atoms with E-state index in [0.717, 1.165) is 5.47 Å². The number of carbonyl (C=O) groups is 1. The van der Waals surface area contributed by atoms with Crippen molar-refractivity contribution in [1.82, 2.24) is 4.90 Å². The first kappa shape index (κ1) is 20.0. The Hall–Kier alpha value is -1.01. The van der Waals surface area contributed by atoms with E-state index in [0.29, 0.717) is 13.1 Å². The predicted octanol–water partition coefficient (Wildman–Crippen LogP) is 1.82. The number of nitrogens with zero attached hydrogens (tertiary/aromatic N) is 1. The summed E-state index contributed by atoms with van der Waals surface area (Å²) in [5.41, 5.74) is -1.72.